The maximum atomic E-state index is 12.1. The van der Waals surface area contributed by atoms with Crippen LogP contribution in [0.5, 0.6) is 0 Å². The number of nitrogens with one attached hydrogen (secondary N) is 2. The molecule has 2 aromatic rings. The third-order valence-electron chi connectivity index (χ3n) is 2.47. The van der Waals surface area contributed by atoms with E-state index in [1.54, 1.807) is 23.9 Å². The van der Waals surface area contributed by atoms with Crippen LogP contribution < -0.4 is 4.72 Å². The lowest BCUT2D eigenvalue weighted by Gasteiger charge is -2.12. The number of rotatable bonds is 4. The molecule has 2 N–H and O–H groups in total. The number of sulfonamides is 1. The van der Waals surface area contributed by atoms with Crippen LogP contribution in [0.1, 0.15) is 25.6 Å². The molecule has 0 aromatic carbocycles. The highest BCUT2D eigenvalue weighted by molar-refractivity contribution is 7.92. The van der Waals surface area contributed by atoms with Crippen LogP contribution in [0, 0.1) is 6.92 Å². The summed E-state index contributed by atoms with van der Waals surface area (Å²) in [5.41, 5.74) is 0.498. The maximum Gasteiger partial charge on any atom is 0.266 e. The van der Waals surface area contributed by atoms with Crippen LogP contribution in [0.4, 0.5) is 5.82 Å². The second-order valence-electron chi connectivity index (χ2n) is 4.22. The summed E-state index contributed by atoms with van der Waals surface area (Å²) in [5.74, 6) is 0.436. The Morgan fingerprint density at radius 3 is 2.72 bits per heavy atom. The van der Waals surface area contributed by atoms with Crippen molar-refractivity contribution in [1.82, 2.24) is 20.0 Å². The predicted octanol–water partition coefficient (Wildman–Crippen LogP) is 1.30. The standard InChI is InChI=1S/C10H15N5O2S/c1-7(2)15-10(4-5-12-15)14-18(16,17)9-6-11-13-8(9)3/h4-7,14H,1-3H3,(H,11,13). The first-order chi connectivity index (χ1) is 8.42. The molecule has 2 aromatic heterocycles. The van der Waals surface area contributed by atoms with Crippen LogP contribution in [0.2, 0.25) is 0 Å². The number of nitrogens with zero attached hydrogens (tertiary/aromatic N) is 3. The van der Waals surface area contributed by atoms with E-state index in [1.807, 2.05) is 13.8 Å². The molecule has 0 saturated carbocycles. The van der Waals surface area contributed by atoms with E-state index in [1.165, 1.54) is 6.20 Å². The molecular weight excluding hydrogens is 254 g/mol. The van der Waals surface area contributed by atoms with Gasteiger partial charge in [0.25, 0.3) is 10.0 Å². The van der Waals surface area contributed by atoms with Gasteiger partial charge in [-0.1, -0.05) is 0 Å². The minimum absolute atomic E-state index is 0.0724. The van der Waals surface area contributed by atoms with Gasteiger partial charge in [0.05, 0.1) is 18.1 Å². The lowest BCUT2D eigenvalue weighted by molar-refractivity contribution is 0.539. The SMILES string of the molecule is Cc1[nH]ncc1S(=O)(=O)Nc1ccnn1C(C)C. The first-order valence-corrected chi connectivity index (χ1v) is 6.96. The number of aryl methyl sites for hydroxylation is 1. The Morgan fingerprint density at radius 1 is 1.44 bits per heavy atom. The smallest absolute Gasteiger partial charge is 0.266 e. The van der Waals surface area contributed by atoms with Crippen LogP contribution in [-0.4, -0.2) is 28.4 Å². The van der Waals surface area contributed by atoms with Gasteiger partial charge in [0.15, 0.2) is 0 Å². The monoisotopic (exact) mass is 269 g/mol. The highest BCUT2D eigenvalue weighted by Gasteiger charge is 2.20. The number of anilines is 1. The minimum atomic E-state index is -3.63. The van der Waals surface area contributed by atoms with E-state index in [0.717, 1.165) is 0 Å². The molecule has 0 bridgehead atoms. The van der Waals surface area contributed by atoms with E-state index in [9.17, 15) is 8.42 Å². The lowest BCUT2D eigenvalue weighted by atomic mass is 10.4. The zero-order valence-corrected chi connectivity index (χ0v) is 11.2. The van der Waals surface area contributed by atoms with Gasteiger partial charge in [-0.2, -0.15) is 10.2 Å². The fraction of sp³-hybridized carbons (Fsp3) is 0.400. The highest BCUT2D eigenvalue weighted by atomic mass is 32.2. The van der Waals surface area contributed by atoms with Gasteiger partial charge in [0, 0.05) is 12.1 Å². The Balaban J connectivity index is 2.34. The molecule has 0 amide bonds. The van der Waals surface area contributed by atoms with Gasteiger partial charge < -0.3 is 0 Å². The van der Waals surface area contributed by atoms with Gasteiger partial charge in [-0.05, 0) is 20.8 Å². The molecule has 0 fully saturated rings. The quantitative estimate of drug-likeness (QED) is 0.874. The molecular formula is C10H15N5O2S. The fourth-order valence-electron chi connectivity index (χ4n) is 1.61. The molecule has 0 aliphatic carbocycles. The molecule has 0 spiro atoms. The van der Waals surface area contributed by atoms with E-state index in [0.29, 0.717) is 11.5 Å². The summed E-state index contributed by atoms with van der Waals surface area (Å²) in [6.45, 7) is 5.50. The van der Waals surface area contributed by atoms with Gasteiger partial charge in [0.2, 0.25) is 0 Å². The Morgan fingerprint density at radius 2 is 2.17 bits per heavy atom. The summed E-state index contributed by atoms with van der Waals surface area (Å²) in [6.07, 6.45) is 2.84. The van der Waals surface area contributed by atoms with Gasteiger partial charge in [0.1, 0.15) is 10.7 Å². The second-order valence-corrected chi connectivity index (χ2v) is 5.87. The number of hydrogen-bond donors (Lipinski definition) is 2. The normalized spacial score (nSPS) is 12.0. The minimum Gasteiger partial charge on any atom is -0.281 e. The van der Waals surface area contributed by atoms with Crippen molar-refractivity contribution < 1.29 is 8.42 Å². The average molecular weight is 269 g/mol. The Labute approximate surface area is 105 Å². The second kappa shape index (κ2) is 4.45. The Bertz CT molecular complexity index is 641. The van der Waals surface area contributed by atoms with Gasteiger partial charge >= 0.3 is 0 Å². The molecule has 7 nitrogen and oxygen atoms in total. The van der Waals surface area contributed by atoms with Crippen molar-refractivity contribution in [1.29, 1.82) is 0 Å². The predicted molar refractivity (Wildman–Crippen MR) is 66.7 cm³/mol. The Kier molecular flexibility index (Phi) is 3.12. The van der Waals surface area contributed by atoms with E-state index in [2.05, 4.69) is 20.0 Å². The molecule has 8 heteroatoms. The van der Waals surface area contributed by atoms with Crippen molar-refractivity contribution in [2.45, 2.75) is 31.7 Å². The zero-order valence-electron chi connectivity index (χ0n) is 10.4. The van der Waals surface area contributed by atoms with Crippen LogP contribution >= 0.6 is 0 Å². The van der Waals surface area contributed by atoms with Crippen LogP contribution in [-0.2, 0) is 10.0 Å². The van der Waals surface area contributed by atoms with Gasteiger partial charge in [-0.15, -0.1) is 0 Å². The Hall–Kier alpha value is -1.83. The molecule has 0 aliphatic rings. The summed E-state index contributed by atoms with van der Waals surface area (Å²) < 4.78 is 28.4. The lowest BCUT2D eigenvalue weighted by Crippen LogP contribution is -2.17. The summed E-state index contributed by atoms with van der Waals surface area (Å²) >= 11 is 0. The molecule has 98 valence electrons. The third-order valence-corrected chi connectivity index (χ3v) is 3.94. The van der Waals surface area contributed by atoms with Crippen LogP contribution in [0.15, 0.2) is 23.4 Å². The largest absolute Gasteiger partial charge is 0.281 e. The van der Waals surface area contributed by atoms with E-state index in [4.69, 9.17) is 0 Å². The van der Waals surface area contributed by atoms with Crippen LogP contribution in [0.3, 0.4) is 0 Å². The summed E-state index contributed by atoms with van der Waals surface area (Å²) in [4.78, 5) is 0.138. The fourth-order valence-corrected chi connectivity index (χ4v) is 2.80. The molecule has 0 aliphatic heterocycles. The van der Waals surface area contributed by atoms with E-state index < -0.39 is 10.0 Å². The van der Waals surface area contributed by atoms with Gasteiger partial charge in [-0.25, -0.2) is 13.1 Å². The molecule has 0 radical (unpaired) electrons. The van der Waals surface area contributed by atoms with E-state index in [-0.39, 0.29) is 10.9 Å². The highest BCUT2D eigenvalue weighted by Crippen LogP contribution is 2.19. The zero-order chi connectivity index (χ0) is 13.3. The molecule has 0 atom stereocenters. The molecule has 18 heavy (non-hydrogen) atoms. The first kappa shape index (κ1) is 12.6. The summed E-state index contributed by atoms with van der Waals surface area (Å²) in [7, 11) is -3.63. The van der Waals surface area contributed by atoms with Crippen molar-refractivity contribution in [3.05, 3.63) is 24.2 Å². The van der Waals surface area contributed by atoms with Crippen LogP contribution in [0.25, 0.3) is 0 Å². The van der Waals surface area contributed by atoms with Crippen molar-refractivity contribution in [2.24, 2.45) is 0 Å². The average Bonchev–Trinajstić information content (AvgIpc) is 2.86. The third kappa shape index (κ3) is 2.23. The topological polar surface area (TPSA) is 92.7 Å². The number of aromatic nitrogens is 4. The first-order valence-electron chi connectivity index (χ1n) is 5.48. The van der Waals surface area contributed by atoms with Crippen molar-refractivity contribution >= 4 is 15.8 Å². The summed E-state index contributed by atoms with van der Waals surface area (Å²) in [6, 6.07) is 1.69. The van der Waals surface area contributed by atoms with Crippen molar-refractivity contribution in [3.8, 4) is 0 Å². The van der Waals surface area contributed by atoms with Crippen molar-refractivity contribution in [3.63, 3.8) is 0 Å². The number of aromatic amines is 1. The number of H-pyrrole nitrogens is 1. The van der Waals surface area contributed by atoms with Gasteiger partial charge in [-0.3, -0.25) is 9.82 Å². The number of hydrogen-bond acceptors (Lipinski definition) is 4. The van der Waals surface area contributed by atoms with Crippen molar-refractivity contribution in [2.75, 3.05) is 4.72 Å². The van der Waals surface area contributed by atoms with E-state index >= 15 is 0 Å². The molecule has 2 heterocycles. The molecule has 0 saturated heterocycles. The molecule has 0 unspecified atom stereocenters. The molecule has 2 rings (SSSR count). The maximum absolute atomic E-state index is 12.1. The summed E-state index contributed by atoms with van der Waals surface area (Å²) in [5, 5.41) is 10.4.